The van der Waals surface area contributed by atoms with E-state index < -0.39 is 8.53 Å². The van der Waals surface area contributed by atoms with Crippen LogP contribution in [0.25, 0.3) is 0 Å². The highest BCUT2D eigenvalue weighted by molar-refractivity contribution is 7.45. The molecule has 3 nitrogen and oxygen atoms in total. The van der Waals surface area contributed by atoms with Gasteiger partial charge < -0.3 is 9.05 Å². The summed E-state index contributed by atoms with van der Waals surface area (Å²) in [6.45, 7) is 4.17. The van der Waals surface area contributed by atoms with Crippen LogP contribution < -0.4 is 9.05 Å². The van der Waals surface area contributed by atoms with Gasteiger partial charge in [0.05, 0.1) is 0 Å². The van der Waals surface area contributed by atoms with Gasteiger partial charge in [-0.1, -0.05) is 36.4 Å². The van der Waals surface area contributed by atoms with Crippen LogP contribution in [-0.4, -0.2) is 18.8 Å². The lowest BCUT2D eigenvalue weighted by Gasteiger charge is -2.29. The number of nitrogens with zero attached hydrogens (tertiary/aromatic N) is 1. The van der Waals surface area contributed by atoms with Gasteiger partial charge in [-0.15, -0.1) is 0 Å². The molecule has 1 aliphatic rings. The number of benzene rings is 2. The van der Waals surface area contributed by atoms with Crippen molar-refractivity contribution in [2.75, 3.05) is 14.1 Å². The molecule has 0 amide bonds. The average Bonchev–Trinajstić information content (AvgIpc) is 2.41. The van der Waals surface area contributed by atoms with Crippen LogP contribution in [0.15, 0.2) is 36.4 Å². The van der Waals surface area contributed by atoms with Gasteiger partial charge in [0.1, 0.15) is 11.5 Å². The first kappa shape index (κ1) is 14.4. The van der Waals surface area contributed by atoms with Crippen molar-refractivity contribution < 1.29 is 9.05 Å². The summed E-state index contributed by atoms with van der Waals surface area (Å²) in [5, 5.41) is 0. The van der Waals surface area contributed by atoms with E-state index in [0.717, 1.165) is 29.0 Å². The van der Waals surface area contributed by atoms with Crippen molar-refractivity contribution in [2.24, 2.45) is 0 Å². The van der Waals surface area contributed by atoms with Crippen LogP contribution in [0.4, 0.5) is 0 Å². The van der Waals surface area contributed by atoms with Crippen LogP contribution in [0, 0.1) is 13.8 Å². The predicted octanol–water partition coefficient (Wildman–Crippen LogP) is 4.45. The van der Waals surface area contributed by atoms with Crippen molar-refractivity contribution in [1.29, 1.82) is 0 Å². The Morgan fingerprint density at radius 2 is 1.33 bits per heavy atom. The van der Waals surface area contributed by atoms with E-state index in [-0.39, 0.29) is 0 Å². The zero-order valence-electron chi connectivity index (χ0n) is 12.9. The molecule has 2 aromatic carbocycles. The van der Waals surface area contributed by atoms with Crippen molar-refractivity contribution in [3.63, 3.8) is 0 Å². The van der Waals surface area contributed by atoms with E-state index in [1.165, 1.54) is 11.1 Å². The first-order chi connectivity index (χ1) is 10.1. The Labute approximate surface area is 127 Å². The van der Waals surface area contributed by atoms with Crippen molar-refractivity contribution in [1.82, 2.24) is 4.67 Å². The molecule has 4 heteroatoms. The molecule has 3 rings (SSSR count). The average molecular weight is 301 g/mol. The third-order valence-corrected chi connectivity index (χ3v) is 4.96. The van der Waals surface area contributed by atoms with E-state index in [0.29, 0.717) is 0 Å². The Bertz CT molecular complexity index is 616. The highest BCUT2D eigenvalue weighted by Gasteiger charge is 2.26. The van der Waals surface area contributed by atoms with E-state index in [9.17, 15) is 0 Å². The second-order valence-corrected chi connectivity index (χ2v) is 7.21. The molecular formula is C17H20NO2P. The summed E-state index contributed by atoms with van der Waals surface area (Å²) in [4.78, 5) is 0. The minimum atomic E-state index is -1.15. The monoisotopic (exact) mass is 301 g/mol. The molecule has 0 N–H and O–H groups in total. The molecule has 0 bridgehead atoms. The Balaban J connectivity index is 2.15. The second kappa shape index (κ2) is 5.67. The lowest BCUT2D eigenvalue weighted by molar-refractivity contribution is 0.409. The van der Waals surface area contributed by atoms with E-state index in [1.807, 2.05) is 18.8 Å². The van der Waals surface area contributed by atoms with Crippen molar-refractivity contribution in [3.8, 4) is 11.5 Å². The maximum Gasteiger partial charge on any atom is 0.384 e. The van der Waals surface area contributed by atoms with E-state index in [4.69, 9.17) is 9.05 Å². The van der Waals surface area contributed by atoms with Gasteiger partial charge in [-0.25, -0.2) is 4.67 Å². The Kier molecular flexibility index (Phi) is 3.88. The summed E-state index contributed by atoms with van der Waals surface area (Å²) in [7, 11) is 2.83. The minimum Gasteiger partial charge on any atom is -0.426 e. The van der Waals surface area contributed by atoms with Crippen LogP contribution in [0.1, 0.15) is 22.3 Å². The highest BCUT2D eigenvalue weighted by atomic mass is 31.2. The molecule has 0 unspecified atom stereocenters. The summed E-state index contributed by atoms with van der Waals surface area (Å²) < 4.78 is 14.4. The molecule has 0 saturated heterocycles. The molecule has 0 aliphatic carbocycles. The number of para-hydroxylation sites is 2. The Hall–Kier alpha value is -1.57. The Morgan fingerprint density at radius 3 is 1.76 bits per heavy atom. The second-order valence-electron chi connectivity index (χ2n) is 5.57. The van der Waals surface area contributed by atoms with Gasteiger partial charge in [0.2, 0.25) is 0 Å². The summed E-state index contributed by atoms with van der Waals surface area (Å²) >= 11 is 0. The number of aryl methyl sites for hydroxylation is 2. The summed E-state index contributed by atoms with van der Waals surface area (Å²) in [5.41, 5.74) is 4.75. The number of rotatable bonds is 1. The lowest BCUT2D eigenvalue weighted by Crippen LogP contribution is -2.16. The molecule has 1 aliphatic heterocycles. The highest BCUT2D eigenvalue weighted by Crippen LogP contribution is 2.48. The molecule has 0 atom stereocenters. The predicted molar refractivity (Wildman–Crippen MR) is 87.0 cm³/mol. The topological polar surface area (TPSA) is 21.7 Å². The summed E-state index contributed by atoms with van der Waals surface area (Å²) in [6, 6.07) is 12.6. The lowest BCUT2D eigenvalue weighted by atomic mass is 9.99. The van der Waals surface area contributed by atoms with E-state index in [1.54, 1.807) is 0 Å². The molecule has 0 radical (unpaired) electrons. The zero-order valence-corrected chi connectivity index (χ0v) is 13.8. The van der Waals surface area contributed by atoms with Gasteiger partial charge in [0.25, 0.3) is 0 Å². The smallest absolute Gasteiger partial charge is 0.384 e. The van der Waals surface area contributed by atoms with Crippen LogP contribution >= 0.6 is 8.53 Å². The largest absolute Gasteiger partial charge is 0.426 e. The van der Waals surface area contributed by atoms with E-state index in [2.05, 4.69) is 50.2 Å². The van der Waals surface area contributed by atoms with Gasteiger partial charge in [-0.3, -0.25) is 0 Å². The molecule has 0 fully saturated rings. The maximum atomic E-state index is 6.21. The van der Waals surface area contributed by atoms with Gasteiger partial charge in [0, 0.05) is 6.42 Å². The first-order valence-corrected chi connectivity index (χ1v) is 8.19. The summed E-state index contributed by atoms with van der Waals surface area (Å²) in [6.07, 6.45) is 0.838. The Morgan fingerprint density at radius 1 is 0.857 bits per heavy atom. The number of hydrogen-bond donors (Lipinski definition) is 0. The fraction of sp³-hybridized carbons (Fsp3) is 0.294. The molecule has 110 valence electrons. The molecule has 0 saturated carbocycles. The fourth-order valence-corrected chi connectivity index (χ4v) is 3.71. The molecule has 1 heterocycles. The molecular weight excluding hydrogens is 281 g/mol. The normalized spacial score (nSPS) is 14.5. The molecule has 21 heavy (non-hydrogen) atoms. The summed E-state index contributed by atoms with van der Waals surface area (Å²) in [5.74, 6) is 1.92. The van der Waals surface area contributed by atoms with Crippen LogP contribution in [-0.2, 0) is 6.42 Å². The number of hydrogen-bond acceptors (Lipinski definition) is 3. The van der Waals surface area contributed by atoms with E-state index >= 15 is 0 Å². The van der Waals surface area contributed by atoms with Gasteiger partial charge in [-0.2, -0.15) is 0 Å². The van der Waals surface area contributed by atoms with Crippen LogP contribution in [0.3, 0.4) is 0 Å². The standard InChI is InChI=1S/C17H20NO2P/c1-12-7-5-9-14-11-15-10-6-8-13(2)17(15)20-21(18(3)4)19-16(12)14/h5-10H,11H2,1-4H3. The third-order valence-electron chi connectivity index (χ3n) is 3.63. The van der Waals surface area contributed by atoms with Gasteiger partial charge >= 0.3 is 8.53 Å². The zero-order chi connectivity index (χ0) is 15.0. The third kappa shape index (κ3) is 2.76. The molecule has 0 spiro atoms. The minimum absolute atomic E-state index is 0.838. The maximum absolute atomic E-state index is 6.21. The van der Waals surface area contributed by atoms with Crippen LogP contribution in [0.2, 0.25) is 0 Å². The first-order valence-electron chi connectivity index (χ1n) is 7.06. The van der Waals surface area contributed by atoms with Crippen LogP contribution in [0.5, 0.6) is 11.5 Å². The van der Waals surface area contributed by atoms with Gasteiger partial charge in [-0.05, 0) is 50.2 Å². The number of fused-ring (bicyclic) bond motifs is 2. The molecule has 0 aromatic heterocycles. The fourth-order valence-electron chi connectivity index (χ4n) is 2.51. The van der Waals surface area contributed by atoms with Gasteiger partial charge in [0.15, 0.2) is 0 Å². The quantitative estimate of drug-likeness (QED) is 0.726. The SMILES string of the molecule is Cc1cccc2c1OP(N(C)C)Oc1c(C)cccc1C2. The molecule has 2 aromatic rings. The van der Waals surface area contributed by atoms with Crippen molar-refractivity contribution in [3.05, 3.63) is 58.7 Å². The van der Waals surface area contributed by atoms with Crippen molar-refractivity contribution >= 4 is 8.53 Å². The van der Waals surface area contributed by atoms with Crippen molar-refractivity contribution in [2.45, 2.75) is 20.3 Å².